The number of hydrogen-bond acceptors (Lipinski definition) is 3. The Bertz CT molecular complexity index is 986. The van der Waals surface area contributed by atoms with Gasteiger partial charge in [-0.15, -0.1) is 5.92 Å². The Morgan fingerprint density at radius 3 is 2.93 bits per heavy atom. The normalized spacial score (nSPS) is 10.1. The molecule has 1 N–H and O–H groups in total. The second kappa shape index (κ2) is 9.40. The molecule has 1 amide bonds. The Morgan fingerprint density at radius 2 is 2.04 bits per heavy atom. The monoisotopic (exact) mass is 358 g/mol. The van der Waals surface area contributed by atoms with Crippen LogP contribution in [0.4, 0.5) is 0 Å². The Hall–Kier alpha value is -3.32. The maximum atomic E-state index is 12.4. The fraction of sp³-hybridized carbons (Fsp3) is 0.217. The molecule has 136 valence electrons. The van der Waals surface area contributed by atoms with Crippen LogP contribution < -0.4 is 10.1 Å². The summed E-state index contributed by atoms with van der Waals surface area (Å²) in [5.41, 5.74) is 2.49. The van der Waals surface area contributed by atoms with Gasteiger partial charge >= 0.3 is 0 Å². The highest BCUT2D eigenvalue weighted by Gasteiger charge is 2.07. The Labute approximate surface area is 159 Å². The van der Waals surface area contributed by atoms with E-state index in [1.54, 1.807) is 12.3 Å². The van der Waals surface area contributed by atoms with Gasteiger partial charge < -0.3 is 10.1 Å². The third-order valence-corrected chi connectivity index (χ3v) is 4.01. The van der Waals surface area contributed by atoms with Gasteiger partial charge in [0.25, 0.3) is 5.91 Å². The molecular weight excluding hydrogens is 336 g/mol. The summed E-state index contributed by atoms with van der Waals surface area (Å²) in [5, 5.41) is 3.90. The van der Waals surface area contributed by atoms with Crippen LogP contribution in [-0.4, -0.2) is 17.5 Å². The highest BCUT2D eigenvalue weighted by Crippen LogP contribution is 2.15. The molecule has 2 aromatic carbocycles. The van der Waals surface area contributed by atoms with Crippen molar-refractivity contribution in [2.24, 2.45) is 0 Å². The molecule has 27 heavy (non-hydrogen) atoms. The summed E-state index contributed by atoms with van der Waals surface area (Å²) in [6, 6.07) is 17.1. The number of carbonyl (C=O) groups is 1. The second-order valence-electron chi connectivity index (χ2n) is 6.05. The molecule has 3 rings (SSSR count). The van der Waals surface area contributed by atoms with Crippen LogP contribution >= 0.6 is 0 Å². The maximum Gasteiger partial charge on any atom is 0.251 e. The topological polar surface area (TPSA) is 51.2 Å². The molecule has 0 saturated heterocycles. The van der Waals surface area contributed by atoms with Gasteiger partial charge in [-0.1, -0.05) is 31.0 Å². The van der Waals surface area contributed by atoms with E-state index in [9.17, 15) is 4.79 Å². The van der Waals surface area contributed by atoms with Gasteiger partial charge in [-0.25, -0.2) is 0 Å². The lowest BCUT2D eigenvalue weighted by Gasteiger charge is -2.09. The van der Waals surface area contributed by atoms with Gasteiger partial charge in [-0.3, -0.25) is 9.78 Å². The van der Waals surface area contributed by atoms with Gasteiger partial charge in [0.05, 0.1) is 12.1 Å². The molecule has 0 aliphatic heterocycles. The fourth-order valence-electron chi connectivity index (χ4n) is 2.68. The van der Waals surface area contributed by atoms with E-state index in [1.807, 2.05) is 55.5 Å². The molecule has 0 bridgehead atoms. The summed E-state index contributed by atoms with van der Waals surface area (Å²) in [6.07, 6.45) is 3.32. The quantitative estimate of drug-likeness (QED) is 0.526. The zero-order valence-electron chi connectivity index (χ0n) is 15.4. The number of fused-ring (bicyclic) bond motifs is 1. The lowest BCUT2D eigenvalue weighted by molar-refractivity contribution is 0.0951. The third-order valence-electron chi connectivity index (χ3n) is 4.01. The number of benzene rings is 2. The lowest BCUT2D eigenvalue weighted by atomic mass is 10.1. The summed E-state index contributed by atoms with van der Waals surface area (Å²) in [4.78, 5) is 16.7. The van der Waals surface area contributed by atoms with E-state index in [4.69, 9.17) is 4.74 Å². The lowest BCUT2D eigenvalue weighted by Crippen LogP contribution is -2.22. The molecule has 1 heterocycles. The van der Waals surface area contributed by atoms with Crippen LogP contribution in [0.15, 0.2) is 60.8 Å². The molecule has 0 saturated carbocycles. The summed E-state index contributed by atoms with van der Waals surface area (Å²) in [6.45, 7) is 3.03. The Balaban J connectivity index is 1.57. The molecule has 4 nitrogen and oxygen atoms in total. The van der Waals surface area contributed by atoms with Crippen molar-refractivity contribution >= 4 is 16.8 Å². The first kappa shape index (κ1) is 18.5. The van der Waals surface area contributed by atoms with Gasteiger partial charge in [0.2, 0.25) is 0 Å². The minimum Gasteiger partial charge on any atom is -0.493 e. The van der Waals surface area contributed by atoms with Crippen molar-refractivity contribution in [3.05, 3.63) is 71.9 Å². The van der Waals surface area contributed by atoms with E-state index < -0.39 is 0 Å². The summed E-state index contributed by atoms with van der Waals surface area (Å²) in [7, 11) is 0. The minimum atomic E-state index is -0.109. The molecule has 3 aromatic rings. The summed E-state index contributed by atoms with van der Waals surface area (Å²) >= 11 is 0. The van der Waals surface area contributed by atoms with Crippen molar-refractivity contribution in [3.8, 4) is 17.6 Å². The van der Waals surface area contributed by atoms with E-state index in [0.717, 1.165) is 28.6 Å². The van der Waals surface area contributed by atoms with Crippen LogP contribution in [0.1, 0.15) is 35.7 Å². The average Bonchev–Trinajstić information content (AvgIpc) is 2.72. The fourth-order valence-corrected chi connectivity index (χ4v) is 2.68. The molecule has 0 aliphatic carbocycles. The first-order valence-electron chi connectivity index (χ1n) is 9.06. The van der Waals surface area contributed by atoms with E-state index in [2.05, 4.69) is 22.1 Å². The number of nitrogens with zero attached hydrogens (tertiary/aromatic N) is 1. The number of amides is 1. The molecular formula is C23H22N2O2. The molecule has 0 radical (unpaired) electrons. The standard InChI is InChI=1S/C23H22N2O2/c1-2-3-4-5-14-27-21-10-6-8-18(15-21)17-25-23(26)20-11-12-22-19(16-20)9-7-13-24-22/h6-13,15-16H,2,5,14,17H2,1H3,(H,25,26). The van der Waals surface area contributed by atoms with Crippen molar-refractivity contribution in [2.75, 3.05) is 6.61 Å². The Morgan fingerprint density at radius 1 is 1.11 bits per heavy atom. The Kier molecular flexibility index (Phi) is 6.43. The van der Waals surface area contributed by atoms with Crippen molar-refractivity contribution in [1.82, 2.24) is 10.3 Å². The van der Waals surface area contributed by atoms with Gasteiger partial charge in [-0.2, -0.15) is 0 Å². The summed E-state index contributed by atoms with van der Waals surface area (Å²) in [5.74, 6) is 6.76. The van der Waals surface area contributed by atoms with Gasteiger partial charge in [0, 0.05) is 36.5 Å². The first-order chi connectivity index (χ1) is 13.3. The third kappa shape index (κ3) is 5.32. The smallest absolute Gasteiger partial charge is 0.251 e. The van der Waals surface area contributed by atoms with Crippen molar-refractivity contribution in [1.29, 1.82) is 0 Å². The van der Waals surface area contributed by atoms with Crippen LogP contribution in [0.25, 0.3) is 10.9 Å². The number of ether oxygens (including phenoxy) is 1. The van der Waals surface area contributed by atoms with Crippen LogP contribution in [0, 0.1) is 11.8 Å². The van der Waals surface area contributed by atoms with E-state index in [1.165, 1.54) is 0 Å². The van der Waals surface area contributed by atoms with Gasteiger partial charge in [0.1, 0.15) is 5.75 Å². The highest BCUT2D eigenvalue weighted by atomic mass is 16.5. The first-order valence-corrected chi connectivity index (χ1v) is 9.06. The van der Waals surface area contributed by atoms with Crippen molar-refractivity contribution in [2.45, 2.75) is 26.3 Å². The largest absolute Gasteiger partial charge is 0.493 e. The van der Waals surface area contributed by atoms with Crippen LogP contribution in [0.3, 0.4) is 0 Å². The highest BCUT2D eigenvalue weighted by molar-refractivity contribution is 5.97. The number of aromatic nitrogens is 1. The van der Waals surface area contributed by atoms with Crippen LogP contribution in [0.5, 0.6) is 5.75 Å². The van der Waals surface area contributed by atoms with Crippen LogP contribution in [0.2, 0.25) is 0 Å². The number of hydrogen-bond donors (Lipinski definition) is 1. The SMILES string of the molecule is CCC#CCCOc1cccc(CNC(=O)c2ccc3ncccc3c2)c1. The second-order valence-corrected chi connectivity index (χ2v) is 6.05. The molecule has 0 atom stereocenters. The number of pyridine rings is 1. The maximum absolute atomic E-state index is 12.4. The zero-order chi connectivity index (χ0) is 18.9. The molecule has 4 heteroatoms. The van der Waals surface area contributed by atoms with Gasteiger partial charge in [-0.05, 0) is 42.0 Å². The molecule has 0 aliphatic rings. The number of nitrogens with one attached hydrogen (secondary N) is 1. The molecule has 0 spiro atoms. The molecule has 0 fully saturated rings. The predicted molar refractivity (Wildman–Crippen MR) is 108 cm³/mol. The average molecular weight is 358 g/mol. The van der Waals surface area contributed by atoms with Gasteiger partial charge in [0.15, 0.2) is 0 Å². The van der Waals surface area contributed by atoms with E-state index >= 15 is 0 Å². The molecule has 1 aromatic heterocycles. The zero-order valence-corrected chi connectivity index (χ0v) is 15.4. The van der Waals surface area contributed by atoms with E-state index in [-0.39, 0.29) is 5.91 Å². The number of rotatable bonds is 6. The van der Waals surface area contributed by atoms with Crippen LogP contribution in [-0.2, 0) is 6.54 Å². The summed E-state index contributed by atoms with van der Waals surface area (Å²) < 4.78 is 5.71. The van der Waals surface area contributed by atoms with E-state index in [0.29, 0.717) is 25.1 Å². The van der Waals surface area contributed by atoms with Crippen molar-refractivity contribution in [3.63, 3.8) is 0 Å². The predicted octanol–water partition coefficient (Wildman–Crippen LogP) is 4.35. The molecule has 0 unspecified atom stereocenters. The van der Waals surface area contributed by atoms with Crippen molar-refractivity contribution < 1.29 is 9.53 Å². The minimum absolute atomic E-state index is 0.109. The number of carbonyl (C=O) groups excluding carboxylic acids is 1.